The molecule has 4 heteroatoms. The molecule has 112 valence electrons. The van der Waals surface area contributed by atoms with E-state index in [1.165, 1.54) is 5.56 Å². The smallest absolute Gasteiger partial charge is 0.175 e. The number of methoxy groups -OCH3 is 1. The lowest BCUT2D eigenvalue weighted by Crippen LogP contribution is -2.12. The van der Waals surface area contributed by atoms with Crippen molar-refractivity contribution in [2.75, 3.05) is 13.7 Å². The topological polar surface area (TPSA) is 30.5 Å². The first-order chi connectivity index (χ1) is 10.2. The molecule has 0 saturated heterocycles. The minimum atomic E-state index is 0.612. The average molecular weight is 350 g/mol. The van der Waals surface area contributed by atoms with Crippen LogP contribution in [-0.4, -0.2) is 13.7 Å². The van der Waals surface area contributed by atoms with Gasteiger partial charge in [-0.25, -0.2) is 0 Å². The largest absolute Gasteiger partial charge is 0.493 e. The molecule has 0 spiro atoms. The van der Waals surface area contributed by atoms with Crippen molar-refractivity contribution < 1.29 is 9.47 Å². The second-order valence-electron chi connectivity index (χ2n) is 4.63. The summed E-state index contributed by atoms with van der Waals surface area (Å²) in [6.45, 7) is 4.19. The van der Waals surface area contributed by atoms with Crippen LogP contribution in [-0.2, 0) is 13.1 Å². The minimum absolute atomic E-state index is 0.612. The third-order valence-corrected chi connectivity index (χ3v) is 3.67. The fourth-order valence-electron chi connectivity index (χ4n) is 2.11. The molecule has 0 aliphatic heterocycles. The van der Waals surface area contributed by atoms with Gasteiger partial charge in [0.1, 0.15) is 0 Å². The van der Waals surface area contributed by atoms with Gasteiger partial charge in [-0.05, 0) is 46.1 Å². The normalized spacial score (nSPS) is 10.4. The zero-order chi connectivity index (χ0) is 15.1. The summed E-state index contributed by atoms with van der Waals surface area (Å²) in [6, 6.07) is 14.4. The van der Waals surface area contributed by atoms with Crippen LogP contribution in [0.5, 0.6) is 11.5 Å². The number of hydrogen-bond donors (Lipinski definition) is 1. The molecule has 1 N–H and O–H groups in total. The van der Waals surface area contributed by atoms with Crippen LogP contribution in [0.4, 0.5) is 0 Å². The van der Waals surface area contributed by atoms with Gasteiger partial charge in [-0.2, -0.15) is 0 Å². The average Bonchev–Trinajstić information content (AvgIpc) is 2.51. The lowest BCUT2D eigenvalue weighted by Gasteiger charge is -2.13. The predicted octanol–water partition coefficient (Wildman–Crippen LogP) is 4.15. The summed E-state index contributed by atoms with van der Waals surface area (Å²) in [7, 11) is 1.66. The Morgan fingerprint density at radius 3 is 2.43 bits per heavy atom. The minimum Gasteiger partial charge on any atom is -0.493 e. The van der Waals surface area contributed by atoms with Gasteiger partial charge in [0.25, 0.3) is 0 Å². The molecule has 0 aliphatic carbocycles. The van der Waals surface area contributed by atoms with Crippen molar-refractivity contribution in [1.29, 1.82) is 0 Å². The summed E-state index contributed by atoms with van der Waals surface area (Å²) >= 11 is 3.54. The summed E-state index contributed by atoms with van der Waals surface area (Å²) in [6.07, 6.45) is 0. The summed E-state index contributed by atoms with van der Waals surface area (Å²) in [4.78, 5) is 0. The van der Waals surface area contributed by atoms with Crippen LogP contribution in [0.25, 0.3) is 0 Å². The summed E-state index contributed by atoms with van der Waals surface area (Å²) in [5.41, 5.74) is 2.42. The number of rotatable bonds is 7. The van der Waals surface area contributed by atoms with E-state index < -0.39 is 0 Å². The molecule has 0 aliphatic rings. The third kappa shape index (κ3) is 4.48. The van der Waals surface area contributed by atoms with Gasteiger partial charge in [-0.3, -0.25) is 0 Å². The fraction of sp³-hybridized carbons (Fsp3) is 0.294. The maximum absolute atomic E-state index is 5.60. The Balaban J connectivity index is 2.02. The molecule has 2 aromatic carbocycles. The van der Waals surface area contributed by atoms with Gasteiger partial charge in [0.15, 0.2) is 11.5 Å². The Bertz CT molecular complexity index is 573. The molecule has 0 saturated carbocycles. The zero-order valence-electron chi connectivity index (χ0n) is 12.4. The highest BCUT2D eigenvalue weighted by Crippen LogP contribution is 2.36. The number of ether oxygens (including phenoxy) is 2. The molecule has 0 amide bonds. The molecule has 3 nitrogen and oxygen atoms in total. The van der Waals surface area contributed by atoms with Gasteiger partial charge in [-0.15, -0.1) is 0 Å². The van der Waals surface area contributed by atoms with E-state index in [9.17, 15) is 0 Å². The molecule has 0 radical (unpaired) electrons. The van der Waals surface area contributed by atoms with Crippen LogP contribution in [0.3, 0.4) is 0 Å². The number of hydrogen-bond acceptors (Lipinski definition) is 3. The van der Waals surface area contributed by atoms with Crippen LogP contribution in [0.2, 0.25) is 0 Å². The van der Waals surface area contributed by atoms with E-state index in [1.807, 2.05) is 31.2 Å². The van der Waals surface area contributed by atoms with Gasteiger partial charge in [0.05, 0.1) is 18.2 Å². The van der Waals surface area contributed by atoms with E-state index >= 15 is 0 Å². The molecule has 2 rings (SSSR count). The first-order valence-corrected chi connectivity index (χ1v) is 7.77. The first-order valence-electron chi connectivity index (χ1n) is 6.98. The van der Waals surface area contributed by atoms with Crippen molar-refractivity contribution in [2.24, 2.45) is 0 Å². The lowest BCUT2D eigenvalue weighted by atomic mass is 10.2. The van der Waals surface area contributed by atoms with E-state index in [1.54, 1.807) is 7.11 Å². The highest BCUT2D eigenvalue weighted by Gasteiger charge is 2.11. The summed E-state index contributed by atoms with van der Waals surface area (Å²) in [5, 5.41) is 3.43. The molecular weight excluding hydrogens is 330 g/mol. The lowest BCUT2D eigenvalue weighted by molar-refractivity contribution is 0.308. The number of halogens is 1. The highest BCUT2D eigenvalue weighted by atomic mass is 79.9. The van der Waals surface area contributed by atoms with Crippen LogP contribution >= 0.6 is 15.9 Å². The molecule has 21 heavy (non-hydrogen) atoms. The molecular formula is C17H20BrNO2. The van der Waals surface area contributed by atoms with Crippen molar-refractivity contribution >= 4 is 15.9 Å². The van der Waals surface area contributed by atoms with Crippen molar-refractivity contribution in [2.45, 2.75) is 20.0 Å². The highest BCUT2D eigenvalue weighted by molar-refractivity contribution is 9.10. The predicted molar refractivity (Wildman–Crippen MR) is 88.8 cm³/mol. The SMILES string of the molecule is CCOc1c(Br)cc(CNCc2ccccc2)cc1OC. The van der Waals surface area contributed by atoms with Crippen LogP contribution in [0.15, 0.2) is 46.9 Å². The van der Waals surface area contributed by atoms with Crippen molar-refractivity contribution in [3.8, 4) is 11.5 Å². The van der Waals surface area contributed by atoms with Gasteiger partial charge >= 0.3 is 0 Å². The van der Waals surface area contributed by atoms with E-state index in [0.717, 1.165) is 34.6 Å². The third-order valence-electron chi connectivity index (χ3n) is 3.08. The van der Waals surface area contributed by atoms with Crippen molar-refractivity contribution in [3.05, 3.63) is 58.1 Å². The number of nitrogens with one attached hydrogen (secondary N) is 1. The number of benzene rings is 2. The van der Waals surface area contributed by atoms with E-state index in [4.69, 9.17) is 9.47 Å². The molecule has 0 aromatic heterocycles. The van der Waals surface area contributed by atoms with Gasteiger partial charge in [-0.1, -0.05) is 30.3 Å². The van der Waals surface area contributed by atoms with Gasteiger partial charge in [0.2, 0.25) is 0 Å². The second-order valence-corrected chi connectivity index (χ2v) is 5.49. The molecule has 0 heterocycles. The molecule has 2 aromatic rings. The van der Waals surface area contributed by atoms with E-state index in [-0.39, 0.29) is 0 Å². The monoisotopic (exact) mass is 349 g/mol. The maximum Gasteiger partial charge on any atom is 0.175 e. The van der Waals surface area contributed by atoms with Crippen molar-refractivity contribution in [1.82, 2.24) is 5.32 Å². The van der Waals surface area contributed by atoms with Gasteiger partial charge in [0, 0.05) is 13.1 Å². The van der Waals surface area contributed by atoms with E-state index in [2.05, 4.69) is 39.4 Å². The molecule has 0 fully saturated rings. The Kier molecular flexibility index (Phi) is 6.08. The quantitative estimate of drug-likeness (QED) is 0.814. The van der Waals surface area contributed by atoms with Gasteiger partial charge < -0.3 is 14.8 Å². The second kappa shape index (κ2) is 8.05. The molecule has 0 bridgehead atoms. The summed E-state index contributed by atoms with van der Waals surface area (Å²) in [5.74, 6) is 1.51. The first kappa shape index (κ1) is 15.9. The zero-order valence-corrected chi connectivity index (χ0v) is 13.9. The standard InChI is InChI=1S/C17H20BrNO2/c1-3-21-17-15(18)9-14(10-16(17)20-2)12-19-11-13-7-5-4-6-8-13/h4-10,19H,3,11-12H2,1-2H3. The molecule has 0 atom stereocenters. The Hall–Kier alpha value is -1.52. The molecule has 0 unspecified atom stereocenters. The van der Waals surface area contributed by atoms with E-state index in [0.29, 0.717) is 6.61 Å². The summed E-state index contributed by atoms with van der Waals surface area (Å²) < 4.78 is 11.9. The fourth-order valence-corrected chi connectivity index (χ4v) is 2.71. The van der Waals surface area contributed by atoms with Crippen LogP contribution < -0.4 is 14.8 Å². The van der Waals surface area contributed by atoms with Crippen molar-refractivity contribution in [3.63, 3.8) is 0 Å². The Morgan fingerprint density at radius 2 is 1.76 bits per heavy atom. The Labute approximate surface area is 134 Å². The maximum atomic E-state index is 5.60. The van der Waals surface area contributed by atoms with Crippen LogP contribution in [0, 0.1) is 0 Å². The Morgan fingerprint density at radius 1 is 1.05 bits per heavy atom. The van der Waals surface area contributed by atoms with Crippen LogP contribution in [0.1, 0.15) is 18.1 Å².